The Balaban J connectivity index is 1.87. The number of aromatic nitrogens is 1. The number of pyridine rings is 1. The Labute approximate surface area is 119 Å². The van der Waals surface area contributed by atoms with Crippen LogP contribution < -0.4 is 0 Å². The summed E-state index contributed by atoms with van der Waals surface area (Å²) >= 11 is 0. The van der Waals surface area contributed by atoms with Crippen LogP contribution in [0.15, 0.2) is 30.3 Å². The summed E-state index contributed by atoms with van der Waals surface area (Å²) < 4.78 is 5.69. The third kappa shape index (κ3) is 2.68. The molecule has 20 heavy (non-hydrogen) atoms. The van der Waals surface area contributed by atoms with E-state index in [1.54, 1.807) is 0 Å². The van der Waals surface area contributed by atoms with Crippen molar-refractivity contribution in [2.75, 3.05) is 26.7 Å². The first-order chi connectivity index (χ1) is 9.63. The van der Waals surface area contributed by atoms with E-state index in [9.17, 15) is 5.11 Å². The second-order valence-corrected chi connectivity index (χ2v) is 5.52. The number of fused-ring (bicyclic) bond motifs is 1. The van der Waals surface area contributed by atoms with Crippen LogP contribution in [0, 0.1) is 6.92 Å². The van der Waals surface area contributed by atoms with Crippen LogP contribution in [-0.2, 0) is 4.74 Å². The highest BCUT2D eigenvalue weighted by Gasteiger charge is 2.26. The van der Waals surface area contributed by atoms with E-state index in [2.05, 4.69) is 16.9 Å². The normalized spacial score (nSPS) is 22.1. The maximum absolute atomic E-state index is 10.5. The van der Waals surface area contributed by atoms with Gasteiger partial charge in [0.05, 0.1) is 12.1 Å². The lowest BCUT2D eigenvalue weighted by atomic mass is 10.0. The largest absolute Gasteiger partial charge is 0.386 e. The van der Waals surface area contributed by atoms with Crippen molar-refractivity contribution in [1.82, 2.24) is 9.88 Å². The number of aliphatic hydroxyl groups is 1. The first-order valence-electron chi connectivity index (χ1n) is 6.99. The van der Waals surface area contributed by atoms with E-state index in [1.165, 1.54) is 0 Å². The van der Waals surface area contributed by atoms with E-state index in [4.69, 9.17) is 4.74 Å². The fraction of sp³-hybridized carbons (Fsp3) is 0.438. The molecule has 0 amide bonds. The minimum absolute atomic E-state index is 0.162. The van der Waals surface area contributed by atoms with Crippen molar-refractivity contribution in [2.45, 2.75) is 19.1 Å². The number of benzene rings is 1. The summed E-state index contributed by atoms with van der Waals surface area (Å²) in [7, 11) is 2.05. The Morgan fingerprint density at radius 3 is 3.00 bits per heavy atom. The topological polar surface area (TPSA) is 45.6 Å². The molecule has 4 nitrogen and oxygen atoms in total. The van der Waals surface area contributed by atoms with Crippen molar-refractivity contribution in [3.8, 4) is 0 Å². The minimum Gasteiger partial charge on any atom is -0.386 e. The van der Waals surface area contributed by atoms with Gasteiger partial charge in [0.15, 0.2) is 0 Å². The summed E-state index contributed by atoms with van der Waals surface area (Å²) in [6.07, 6.45) is -0.756. The number of nitrogens with zero attached hydrogens (tertiary/aromatic N) is 2. The van der Waals surface area contributed by atoms with E-state index >= 15 is 0 Å². The highest BCUT2D eigenvalue weighted by Crippen LogP contribution is 2.25. The number of ether oxygens (including phenoxy) is 1. The lowest BCUT2D eigenvalue weighted by Gasteiger charge is -2.33. The van der Waals surface area contributed by atoms with Crippen molar-refractivity contribution in [1.29, 1.82) is 0 Å². The zero-order chi connectivity index (χ0) is 14.1. The Bertz CT molecular complexity index is 614. The second kappa shape index (κ2) is 5.48. The molecular weight excluding hydrogens is 252 g/mol. The molecule has 2 atom stereocenters. The zero-order valence-electron chi connectivity index (χ0n) is 11.9. The van der Waals surface area contributed by atoms with Gasteiger partial charge in [0.25, 0.3) is 0 Å². The Morgan fingerprint density at radius 1 is 1.35 bits per heavy atom. The molecular formula is C16H20N2O2. The lowest BCUT2D eigenvalue weighted by molar-refractivity contribution is -0.0844. The van der Waals surface area contributed by atoms with Crippen LogP contribution in [0.25, 0.3) is 10.9 Å². The molecule has 4 heteroatoms. The van der Waals surface area contributed by atoms with Crippen LogP contribution >= 0.6 is 0 Å². The van der Waals surface area contributed by atoms with Crippen molar-refractivity contribution in [2.24, 2.45) is 0 Å². The summed E-state index contributed by atoms with van der Waals surface area (Å²) in [5, 5.41) is 11.6. The summed E-state index contributed by atoms with van der Waals surface area (Å²) in [6, 6.07) is 9.94. The fourth-order valence-electron chi connectivity index (χ4n) is 2.65. The zero-order valence-corrected chi connectivity index (χ0v) is 11.9. The van der Waals surface area contributed by atoms with E-state index in [0.717, 1.165) is 35.2 Å². The standard InChI is InChI=1S/C16H20N2O2/c1-11-3-4-12-9-13(5-6-14(12)17-11)16(19)15-10-18(2)7-8-20-15/h3-6,9,15-16,19H,7-8,10H2,1-2H3. The maximum atomic E-state index is 10.5. The number of likely N-dealkylation sites (N-methyl/N-ethyl adjacent to an activating group) is 1. The van der Waals surface area contributed by atoms with Crippen molar-refractivity contribution in [3.05, 3.63) is 41.6 Å². The molecule has 2 unspecified atom stereocenters. The summed E-state index contributed by atoms with van der Waals surface area (Å²) in [6.45, 7) is 4.33. The molecule has 1 fully saturated rings. The molecule has 2 aromatic rings. The van der Waals surface area contributed by atoms with Crippen LogP contribution in [0.2, 0.25) is 0 Å². The van der Waals surface area contributed by atoms with E-state index in [1.807, 2.05) is 37.3 Å². The molecule has 0 spiro atoms. The number of hydrogen-bond acceptors (Lipinski definition) is 4. The van der Waals surface area contributed by atoms with Crippen molar-refractivity contribution >= 4 is 10.9 Å². The molecule has 0 bridgehead atoms. The van der Waals surface area contributed by atoms with Crippen LogP contribution in [0.4, 0.5) is 0 Å². The predicted octanol–water partition coefficient (Wildman–Crippen LogP) is 1.91. The summed E-state index contributed by atoms with van der Waals surface area (Å²) in [4.78, 5) is 6.66. The molecule has 1 N–H and O–H groups in total. The molecule has 3 rings (SSSR count). The number of aliphatic hydroxyl groups excluding tert-OH is 1. The third-order valence-electron chi connectivity index (χ3n) is 3.84. The van der Waals surface area contributed by atoms with Crippen LogP contribution in [0.1, 0.15) is 17.4 Å². The van der Waals surface area contributed by atoms with Gasteiger partial charge in [0.2, 0.25) is 0 Å². The number of hydrogen-bond donors (Lipinski definition) is 1. The first kappa shape index (κ1) is 13.5. The molecule has 106 valence electrons. The van der Waals surface area contributed by atoms with Gasteiger partial charge < -0.3 is 14.7 Å². The molecule has 1 aliphatic heterocycles. The molecule has 1 aliphatic rings. The highest BCUT2D eigenvalue weighted by molar-refractivity contribution is 5.79. The van der Waals surface area contributed by atoms with Gasteiger partial charge in [-0.1, -0.05) is 12.1 Å². The van der Waals surface area contributed by atoms with Gasteiger partial charge in [-0.15, -0.1) is 0 Å². The van der Waals surface area contributed by atoms with Gasteiger partial charge in [-0.3, -0.25) is 4.98 Å². The quantitative estimate of drug-likeness (QED) is 0.907. The van der Waals surface area contributed by atoms with Gasteiger partial charge in [-0.2, -0.15) is 0 Å². The Morgan fingerprint density at radius 2 is 2.20 bits per heavy atom. The monoisotopic (exact) mass is 272 g/mol. The summed E-state index contributed by atoms with van der Waals surface area (Å²) in [5.41, 5.74) is 2.86. The molecule has 1 saturated heterocycles. The average Bonchev–Trinajstić information content (AvgIpc) is 2.46. The molecule has 0 aliphatic carbocycles. The Kier molecular flexibility index (Phi) is 3.70. The average molecular weight is 272 g/mol. The van der Waals surface area contributed by atoms with E-state index < -0.39 is 6.10 Å². The van der Waals surface area contributed by atoms with Gasteiger partial charge in [-0.25, -0.2) is 0 Å². The summed E-state index contributed by atoms with van der Waals surface area (Å²) in [5.74, 6) is 0. The van der Waals surface area contributed by atoms with Crippen LogP contribution in [0.3, 0.4) is 0 Å². The first-order valence-corrected chi connectivity index (χ1v) is 6.99. The lowest BCUT2D eigenvalue weighted by Crippen LogP contribution is -2.42. The highest BCUT2D eigenvalue weighted by atomic mass is 16.5. The van der Waals surface area contributed by atoms with Gasteiger partial charge in [0.1, 0.15) is 12.2 Å². The fourth-order valence-corrected chi connectivity index (χ4v) is 2.65. The smallest absolute Gasteiger partial charge is 0.106 e. The molecule has 1 aromatic heterocycles. The number of morpholine rings is 1. The number of aryl methyl sites for hydroxylation is 1. The second-order valence-electron chi connectivity index (χ2n) is 5.52. The van der Waals surface area contributed by atoms with Gasteiger partial charge in [-0.05, 0) is 37.7 Å². The number of rotatable bonds is 2. The molecule has 0 saturated carbocycles. The van der Waals surface area contributed by atoms with Crippen molar-refractivity contribution < 1.29 is 9.84 Å². The van der Waals surface area contributed by atoms with E-state index in [-0.39, 0.29) is 6.10 Å². The maximum Gasteiger partial charge on any atom is 0.106 e. The molecule has 1 aromatic carbocycles. The van der Waals surface area contributed by atoms with Crippen molar-refractivity contribution in [3.63, 3.8) is 0 Å². The van der Waals surface area contributed by atoms with Crippen LogP contribution in [-0.4, -0.2) is 47.8 Å². The molecule has 2 heterocycles. The van der Waals surface area contributed by atoms with Crippen LogP contribution in [0.5, 0.6) is 0 Å². The SMILES string of the molecule is Cc1ccc2cc(C(O)C3CN(C)CCO3)ccc2n1. The van der Waals surface area contributed by atoms with E-state index in [0.29, 0.717) is 6.61 Å². The van der Waals surface area contributed by atoms with Gasteiger partial charge >= 0.3 is 0 Å². The third-order valence-corrected chi connectivity index (χ3v) is 3.84. The predicted molar refractivity (Wildman–Crippen MR) is 78.7 cm³/mol. The molecule has 0 radical (unpaired) electrons. The van der Waals surface area contributed by atoms with Gasteiger partial charge in [0, 0.05) is 24.2 Å². The minimum atomic E-state index is -0.594. The Hall–Kier alpha value is -1.49.